The summed E-state index contributed by atoms with van der Waals surface area (Å²) in [7, 11) is 0. The zero-order valence-corrected chi connectivity index (χ0v) is 9.71. The lowest BCUT2D eigenvalue weighted by Gasteiger charge is -2.16. The van der Waals surface area contributed by atoms with Gasteiger partial charge in [-0.3, -0.25) is 0 Å². The third-order valence-corrected chi connectivity index (χ3v) is 3.57. The molecule has 0 amide bonds. The Morgan fingerprint density at radius 3 is 2.73 bits per heavy atom. The van der Waals surface area contributed by atoms with E-state index >= 15 is 0 Å². The topological polar surface area (TPSA) is 26.0 Å². The van der Waals surface area contributed by atoms with Crippen molar-refractivity contribution in [1.82, 2.24) is 0 Å². The van der Waals surface area contributed by atoms with Crippen molar-refractivity contribution in [2.24, 2.45) is 11.7 Å². The Morgan fingerprint density at radius 2 is 2.07 bits per heavy atom. The molecule has 2 N–H and O–H groups in total. The van der Waals surface area contributed by atoms with Gasteiger partial charge in [0.25, 0.3) is 0 Å². The van der Waals surface area contributed by atoms with E-state index in [1.54, 1.807) is 0 Å². The second kappa shape index (κ2) is 5.00. The first kappa shape index (κ1) is 11.0. The fraction of sp³-hybridized carbons (Fsp3) is 0.538. The van der Waals surface area contributed by atoms with Gasteiger partial charge in [0, 0.05) is 11.1 Å². The highest BCUT2D eigenvalue weighted by Crippen LogP contribution is 2.32. The van der Waals surface area contributed by atoms with Crippen molar-refractivity contribution >= 4 is 11.6 Å². The molecule has 0 aromatic heterocycles. The second-order valence-electron chi connectivity index (χ2n) is 4.55. The molecule has 1 nitrogen and oxygen atoms in total. The zero-order valence-electron chi connectivity index (χ0n) is 8.95. The van der Waals surface area contributed by atoms with Crippen molar-refractivity contribution in [1.29, 1.82) is 0 Å². The molecule has 1 aliphatic carbocycles. The van der Waals surface area contributed by atoms with Crippen LogP contribution in [0.5, 0.6) is 0 Å². The first-order valence-corrected chi connectivity index (χ1v) is 6.14. The molecule has 0 heterocycles. The maximum absolute atomic E-state index is 6.19. The Hall–Kier alpha value is -0.530. The number of hydrogen-bond donors (Lipinski definition) is 1. The molecule has 0 bridgehead atoms. The summed E-state index contributed by atoms with van der Waals surface area (Å²) in [6.45, 7) is 0. The fourth-order valence-corrected chi connectivity index (χ4v) is 2.68. The summed E-state index contributed by atoms with van der Waals surface area (Å²) in [5.74, 6) is 0.832. The van der Waals surface area contributed by atoms with E-state index in [0.29, 0.717) is 0 Å². The van der Waals surface area contributed by atoms with Crippen LogP contribution >= 0.6 is 11.6 Å². The van der Waals surface area contributed by atoms with E-state index in [-0.39, 0.29) is 6.04 Å². The van der Waals surface area contributed by atoms with Crippen LogP contribution in [0.1, 0.15) is 43.7 Å². The summed E-state index contributed by atoms with van der Waals surface area (Å²) >= 11 is 5.95. The lowest BCUT2D eigenvalue weighted by molar-refractivity contribution is 0.451. The highest BCUT2D eigenvalue weighted by Gasteiger charge is 2.18. The van der Waals surface area contributed by atoms with E-state index in [9.17, 15) is 0 Å². The van der Waals surface area contributed by atoms with Crippen LogP contribution in [0, 0.1) is 5.92 Å². The quantitative estimate of drug-likeness (QED) is 0.826. The second-order valence-corrected chi connectivity index (χ2v) is 4.98. The van der Waals surface area contributed by atoms with Crippen molar-refractivity contribution < 1.29 is 0 Å². The van der Waals surface area contributed by atoms with Crippen molar-refractivity contribution in [3.8, 4) is 0 Å². The van der Waals surface area contributed by atoms with Gasteiger partial charge < -0.3 is 5.73 Å². The van der Waals surface area contributed by atoms with Crippen LogP contribution < -0.4 is 5.73 Å². The van der Waals surface area contributed by atoms with Gasteiger partial charge in [0.15, 0.2) is 0 Å². The molecule has 1 atom stereocenters. The highest BCUT2D eigenvalue weighted by molar-refractivity contribution is 6.30. The molecule has 2 rings (SSSR count). The molecule has 0 radical (unpaired) electrons. The SMILES string of the molecule is NC(CC1CCCC1)c1cccc(Cl)c1. The summed E-state index contributed by atoms with van der Waals surface area (Å²) in [4.78, 5) is 0. The van der Waals surface area contributed by atoms with Crippen molar-refractivity contribution in [2.75, 3.05) is 0 Å². The molecule has 1 aromatic carbocycles. The highest BCUT2D eigenvalue weighted by atomic mass is 35.5. The van der Waals surface area contributed by atoms with Crippen LogP contribution in [0.3, 0.4) is 0 Å². The van der Waals surface area contributed by atoms with Crippen molar-refractivity contribution in [3.05, 3.63) is 34.9 Å². The van der Waals surface area contributed by atoms with Crippen LogP contribution in [0.15, 0.2) is 24.3 Å². The van der Waals surface area contributed by atoms with Crippen LogP contribution in [0.25, 0.3) is 0 Å². The minimum absolute atomic E-state index is 0.159. The van der Waals surface area contributed by atoms with E-state index in [1.807, 2.05) is 18.2 Å². The van der Waals surface area contributed by atoms with Gasteiger partial charge in [-0.25, -0.2) is 0 Å². The maximum atomic E-state index is 6.19. The Balaban J connectivity index is 1.97. The van der Waals surface area contributed by atoms with Gasteiger partial charge in [0.1, 0.15) is 0 Å². The smallest absolute Gasteiger partial charge is 0.0409 e. The maximum Gasteiger partial charge on any atom is 0.0409 e. The summed E-state index contributed by atoms with van der Waals surface area (Å²) in [6.07, 6.45) is 6.59. The number of hydrogen-bond acceptors (Lipinski definition) is 1. The molecule has 2 heteroatoms. The van der Waals surface area contributed by atoms with Crippen LogP contribution in [0.2, 0.25) is 5.02 Å². The fourth-order valence-electron chi connectivity index (χ4n) is 2.48. The molecule has 15 heavy (non-hydrogen) atoms. The van der Waals surface area contributed by atoms with Crippen LogP contribution in [0.4, 0.5) is 0 Å². The van der Waals surface area contributed by atoms with Gasteiger partial charge in [0.05, 0.1) is 0 Å². The molecule has 0 spiro atoms. The normalized spacial score (nSPS) is 19.3. The Labute approximate surface area is 96.6 Å². The third kappa shape index (κ3) is 2.96. The average molecular weight is 224 g/mol. The first-order valence-electron chi connectivity index (χ1n) is 5.77. The van der Waals surface area contributed by atoms with Crippen LogP contribution in [-0.2, 0) is 0 Å². The average Bonchev–Trinajstić information content (AvgIpc) is 2.70. The number of nitrogens with two attached hydrogens (primary N) is 1. The molecule has 82 valence electrons. The number of rotatable bonds is 3. The summed E-state index contributed by atoms with van der Waals surface area (Å²) in [6, 6.07) is 8.10. The van der Waals surface area contributed by atoms with Gasteiger partial charge in [-0.05, 0) is 30.0 Å². The standard InChI is InChI=1S/C13H18ClN/c14-12-7-3-6-11(9-12)13(15)8-10-4-1-2-5-10/h3,6-7,9-10,13H,1-2,4-5,8,15H2. The molecular weight excluding hydrogens is 206 g/mol. The summed E-state index contributed by atoms with van der Waals surface area (Å²) < 4.78 is 0. The molecule has 1 saturated carbocycles. The molecule has 1 aromatic rings. The summed E-state index contributed by atoms with van der Waals surface area (Å²) in [5, 5.41) is 0.786. The van der Waals surface area contributed by atoms with E-state index in [0.717, 1.165) is 17.4 Å². The molecular formula is C13H18ClN. The number of benzene rings is 1. The largest absolute Gasteiger partial charge is 0.324 e. The van der Waals surface area contributed by atoms with E-state index in [1.165, 1.54) is 31.2 Å². The lowest BCUT2D eigenvalue weighted by atomic mass is 9.94. The van der Waals surface area contributed by atoms with Gasteiger partial charge >= 0.3 is 0 Å². The van der Waals surface area contributed by atoms with Crippen molar-refractivity contribution in [2.45, 2.75) is 38.1 Å². The Bertz CT molecular complexity index is 318. The Morgan fingerprint density at radius 1 is 1.33 bits per heavy atom. The van der Waals surface area contributed by atoms with E-state index in [2.05, 4.69) is 6.07 Å². The predicted molar refractivity (Wildman–Crippen MR) is 65.0 cm³/mol. The van der Waals surface area contributed by atoms with Crippen LogP contribution in [-0.4, -0.2) is 0 Å². The van der Waals surface area contributed by atoms with Gasteiger partial charge in [-0.1, -0.05) is 49.4 Å². The third-order valence-electron chi connectivity index (χ3n) is 3.34. The minimum atomic E-state index is 0.159. The van der Waals surface area contributed by atoms with Crippen molar-refractivity contribution in [3.63, 3.8) is 0 Å². The van der Waals surface area contributed by atoms with E-state index in [4.69, 9.17) is 17.3 Å². The summed E-state index contributed by atoms with van der Waals surface area (Å²) in [5.41, 5.74) is 7.36. The first-order chi connectivity index (χ1) is 7.25. The molecule has 1 fully saturated rings. The van der Waals surface area contributed by atoms with Gasteiger partial charge in [0.2, 0.25) is 0 Å². The van der Waals surface area contributed by atoms with Gasteiger partial charge in [-0.15, -0.1) is 0 Å². The molecule has 1 aliphatic rings. The van der Waals surface area contributed by atoms with Gasteiger partial charge in [-0.2, -0.15) is 0 Å². The lowest BCUT2D eigenvalue weighted by Crippen LogP contribution is -2.14. The monoisotopic (exact) mass is 223 g/mol. The molecule has 1 unspecified atom stereocenters. The number of halogens is 1. The molecule has 0 saturated heterocycles. The Kier molecular flexibility index (Phi) is 3.66. The predicted octanol–water partition coefficient (Wildman–Crippen LogP) is 3.92. The van der Waals surface area contributed by atoms with E-state index < -0.39 is 0 Å². The zero-order chi connectivity index (χ0) is 10.7. The molecule has 0 aliphatic heterocycles. The minimum Gasteiger partial charge on any atom is -0.324 e.